The zero-order chi connectivity index (χ0) is 11.6. The first-order chi connectivity index (χ1) is 7.63. The first kappa shape index (κ1) is 11.5. The summed E-state index contributed by atoms with van der Waals surface area (Å²) in [6.45, 7) is 2.69. The van der Waals surface area contributed by atoms with E-state index in [1.165, 1.54) is 0 Å². The van der Waals surface area contributed by atoms with Crippen LogP contribution in [0.15, 0.2) is 5.38 Å². The van der Waals surface area contributed by atoms with Crippen molar-refractivity contribution < 1.29 is 9.90 Å². The first-order valence-corrected chi connectivity index (χ1v) is 6.30. The molecule has 1 aliphatic carbocycles. The van der Waals surface area contributed by atoms with Gasteiger partial charge in [-0.2, -0.15) is 0 Å². The standard InChI is InChI=1S/C11H16N2O2S/c1-8-13-9(5-16-8)4-10(15)12-6-11(7-14)2-3-11/h5,14H,2-4,6-7H2,1H3,(H,12,15). The summed E-state index contributed by atoms with van der Waals surface area (Å²) < 4.78 is 0. The van der Waals surface area contributed by atoms with Crippen LogP contribution in [-0.2, 0) is 11.2 Å². The summed E-state index contributed by atoms with van der Waals surface area (Å²) in [6, 6.07) is 0. The van der Waals surface area contributed by atoms with Gasteiger partial charge in [-0.05, 0) is 19.8 Å². The molecule has 0 radical (unpaired) electrons. The molecule has 5 heteroatoms. The summed E-state index contributed by atoms with van der Waals surface area (Å²) >= 11 is 1.56. The number of carbonyl (C=O) groups excluding carboxylic acids is 1. The molecule has 0 aliphatic heterocycles. The number of aliphatic hydroxyl groups is 1. The fourth-order valence-corrected chi connectivity index (χ4v) is 2.18. The van der Waals surface area contributed by atoms with Crippen molar-refractivity contribution in [2.45, 2.75) is 26.2 Å². The normalized spacial score (nSPS) is 17.1. The molecule has 0 aromatic carbocycles. The summed E-state index contributed by atoms with van der Waals surface area (Å²) in [6.07, 6.45) is 2.37. The van der Waals surface area contributed by atoms with E-state index in [2.05, 4.69) is 10.3 Å². The molecule has 1 saturated carbocycles. The van der Waals surface area contributed by atoms with Gasteiger partial charge in [0.25, 0.3) is 0 Å². The molecule has 88 valence electrons. The number of aliphatic hydroxyl groups excluding tert-OH is 1. The molecular formula is C11H16N2O2S. The van der Waals surface area contributed by atoms with E-state index < -0.39 is 0 Å². The molecule has 1 aliphatic rings. The van der Waals surface area contributed by atoms with Crippen molar-refractivity contribution in [1.29, 1.82) is 0 Å². The van der Waals surface area contributed by atoms with Crippen LogP contribution in [0.5, 0.6) is 0 Å². The summed E-state index contributed by atoms with van der Waals surface area (Å²) in [5.41, 5.74) is 0.807. The molecule has 0 saturated heterocycles. The van der Waals surface area contributed by atoms with Crippen molar-refractivity contribution in [3.05, 3.63) is 16.1 Å². The third kappa shape index (κ3) is 2.80. The van der Waals surface area contributed by atoms with E-state index in [-0.39, 0.29) is 17.9 Å². The predicted molar refractivity (Wildman–Crippen MR) is 62.3 cm³/mol. The van der Waals surface area contributed by atoms with Crippen LogP contribution >= 0.6 is 11.3 Å². The lowest BCUT2D eigenvalue weighted by molar-refractivity contribution is -0.120. The second-order valence-electron chi connectivity index (χ2n) is 4.47. The maximum atomic E-state index is 11.6. The minimum atomic E-state index is -0.0202. The van der Waals surface area contributed by atoms with Gasteiger partial charge in [-0.1, -0.05) is 0 Å². The number of rotatable bonds is 5. The topological polar surface area (TPSA) is 62.2 Å². The van der Waals surface area contributed by atoms with Crippen LogP contribution in [0.25, 0.3) is 0 Å². The summed E-state index contributed by atoms with van der Waals surface area (Å²) in [5.74, 6) is -0.00924. The van der Waals surface area contributed by atoms with Crippen LogP contribution in [0.3, 0.4) is 0 Å². The zero-order valence-electron chi connectivity index (χ0n) is 9.32. The maximum Gasteiger partial charge on any atom is 0.226 e. The average Bonchev–Trinajstić information content (AvgIpc) is 2.95. The van der Waals surface area contributed by atoms with Crippen LogP contribution in [0.2, 0.25) is 0 Å². The molecule has 16 heavy (non-hydrogen) atoms. The quantitative estimate of drug-likeness (QED) is 0.803. The molecule has 1 aromatic rings. The number of hydrogen-bond donors (Lipinski definition) is 2. The Labute approximate surface area is 98.7 Å². The maximum absolute atomic E-state index is 11.6. The van der Waals surface area contributed by atoms with E-state index in [1.54, 1.807) is 11.3 Å². The molecule has 1 aromatic heterocycles. The van der Waals surface area contributed by atoms with E-state index in [0.29, 0.717) is 13.0 Å². The number of hydrogen-bond acceptors (Lipinski definition) is 4. The van der Waals surface area contributed by atoms with Crippen molar-refractivity contribution in [2.24, 2.45) is 5.41 Å². The van der Waals surface area contributed by atoms with Gasteiger partial charge in [-0.15, -0.1) is 11.3 Å². The number of nitrogens with zero attached hydrogens (tertiary/aromatic N) is 1. The van der Waals surface area contributed by atoms with Gasteiger partial charge < -0.3 is 10.4 Å². The number of thiazole rings is 1. The molecule has 1 heterocycles. The van der Waals surface area contributed by atoms with Gasteiger partial charge in [0, 0.05) is 17.3 Å². The molecule has 2 rings (SSSR count). The lowest BCUT2D eigenvalue weighted by Gasteiger charge is -2.12. The van der Waals surface area contributed by atoms with E-state index in [0.717, 1.165) is 23.5 Å². The largest absolute Gasteiger partial charge is 0.396 e. The SMILES string of the molecule is Cc1nc(CC(=O)NCC2(CO)CC2)cs1. The van der Waals surface area contributed by atoms with Crippen molar-refractivity contribution in [3.63, 3.8) is 0 Å². The molecule has 0 unspecified atom stereocenters. The number of aromatic nitrogens is 1. The van der Waals surface area contributed by atoms with E-state index >= 15 is 0 Å². The minimum absolute atomic E-state index is 0.00924. The highest BCUT2D eigenvalue weighted by molar-refractivity contribution is 7.09. The van der Waals surface area contributed by atoms with Crippen molar-refractivity contribution >= 4 is 17.2 Å². The van der Waals surface area contributed by atoms with Gasteiger partial charge in [-0.3, -0.25) is 4.79 Å². The van der Waals surface area contributed by atoms with Crippen molar-refractivity contribution in [3.8, 4) is 0 Å². The highest BCUT2D eigenvalue weighted by Crippen LogP contribution is 2.44. The van der Waals surface area contributed by atoms with Gasteiger partial charge in [0.15, 0.2) is 0 Å². The molecule has 1 fully saturated rings. The lowest BCUT2D eigenvalue weighted by Crippen LogP contribution is -2.32. The summed E-state index contributed by atoms with van der Waals surface area (Å²) in [4.78, 5) is 15.8. The Kier molecular flexibility index (Phi) is 3.25. The van der Waals surface area contributed by atoms with Gasteiger partial charge in [-0.25, -0.2) is 4.98 Å². The van der Waals surface area contributed by atoms with Gasteiger partial charge in [0.1, 0.15) is 0 Å². The molecule has 0 bridgehead atoms. The third-order valence-corrected chi connectivity index (χ3v) is 3.78. The number of amides is 1. The number of aryl methyl sites for hydroxylation is 1. The molecular weight excluding hydrogens is 224 g/mol. The zero-order valence-corrected chi connectivity index (χ0v) is 10.1. The van der Waals surface area contributed by atoms with Crippen LogP contribution in [0, 0.1) is 12.3 Å². The van der Waals surface area contributed by atoms with Crippen LogP contribution in [0.1, 0.15) is 23.5 Å². The van der Waals surface area contributed by atoms with Gasteiger partial charge in [0.05, 0.1) is 23.7 Å². The Bertz CT molecular complexity index is 385. The van der Waals surface area contributed by atoms with E-state index in [9.17, 15) is 4.79 Å². The predicted octanol–water partition coefficient (Wildman–Crippen LogP) is 0.883. The highest BCUT2D eigenvalue weighted by atomic mass is 32.1. The number of carbonyl (C=O) groups is 1. The average molecular weight is 240 g/mol. The van der Waals surface area contributed by atoms with Crippen molar-refractivity contribution in [1.82, 2.24) is 10.3 Å². The third-order valence-electron chi connectivity index (χ3n) is 2.96. The fourth-order valence-electron chi connectivity index (χ4n) is 1.57. The van der Waals surface area contributed by atoms with Crippen molar-refractivity contribution in [2.75, 3.05) is 13.2 Å². The Balaban J connectivity index is 1.76. The summed E-state index contributed by atoms with van der Waals surface area (Å²) in [5, 5.41) is 14.9. The van der Waals surface area contributed by atoms with Gasteiger partial charge in [0.2, 0.25) is 5.91 Å². The van der Waals surface area contributed by atoms with Crippen LogP contribution < -0.4 is 5.32 Å². The Hall–Kier alpha value is -0.940. The molecule has 1 amide bonds. The molecule has 0 atom stereocenters. The number of nitrogens with one attached hydrogen (secondary N) is 1. The van der Waals surface area contributed by atoms with Gasteiger partial charge >= 0.3 is 0 Å². The van der Waals surface area contributed by atoms with Crippen LogP contribution in [-0.4, -0.2) is 29.1 Å². The van der Waals surface area contributed by atoms with Crippen LogP contribution in [0.4, 0.5) is 0 Å². The second-order valence-corrected chi connectivity index (χ2v) is 5.53. The van der Waals surface area contributed by atoms with E-state index in [1.807, 2.05) is 12.3 Å². The summed E-state index contributed by atoms with van der Waals surface area (Å²) in [7, 11) is 0. The highest BCUT2D eigenvalue weighted by Gasteiger charge is 2.41. The molecule has 4 nitrogen and oxygen atoms in total. The Morgan fingerprint density at radius 2 is 2.44 bits per heavy atom. The lowest BCUT2D eigenvalue weighted by atomic mass is 10.1. The Morgan fingerprint density at radius 1 is 1.69 bits per heavy atom. The molecule has 0 spiro atoms. The minimum Gasteiger partial charge on any atom is -0.396 e. The first-order valence-electron chi connectivity index (χ1n) is 5.42. The van der Waals surface area contributed by atoms with E-state index in [4.69, 9.17) is 5.11 Å². The fraction of sp³-hybridized carbons (Fsp3) is 0.636. The second kappa shape index (κ2) is 4.51. The molecule has 2 N–H and O–H groups in total. The Morgan fingerprint density at radius 3 is 2.94 bits per heavy atom. The smallest absolute Gasteiger partial charge is 0.226 e. The monoisotopic (exact) mass is 240 g/mol.